The second kappa shape index (κ2) is 7.34. The van der Waals surface area contributed by atoms with Crippen molar-refractivity contribution in [2.45, 2.75) is 13.0 Å². The van der Waals surface area contributed by atoms with Crippen LogP contribution in [-0.4, -0.2) is 20.8 Å². The van der Waals surface area contributed by atoms with Gasteiger partial charge in [-0.15, -0.1) is 0 Å². The number of rotatable bonds is 6. The van der Waals surface area contributed by atoms with Gasteiger partial charge < -0.3 is 14.8 Å². The summed E-state index contributed by atoms with van der Waals surface area (Å²) in [5.41, 5.74) is 2.26. The molecule has 2 aromatic rings. The maximum Gasteiger partial charge on any atom is 0.137 e. The van der Waals surface area contributed by atoms with Crippen LogP contribution in [0.5, 0.6) is 11.5 Å². The smallest absolute Gasteiger partial charge is 0.137 e. The Morgan fingerprint density at radius 1 is 1.14 bits per heavy atom. The third-order valence-electron chi connectivity index (χ3n) is 3.35. The van der Waals surface area contributed by atoms with Crippen LogP contribution >= 0.6 is 11.6 Å². The fraction of sp³-hybridized carbons (Fsp3) is 0.294. The van der Waals surface area contributed by atoms with Crippen molar-refractivity contribution in [2.24, 2.45) is 0 Å². The molecule has 2 rings (SSSR count). The topological polar surface area (TPSA) is 30.5 Å². The molecule has 0 aromatic heterocycles. The molecule has 1 unspecified atom stereocenters. The van der Waals surface area contributed by atoms with Gasteiger partial charge in [-0.3, -0.25) is 0 Å². The molecule has 0 heterocycles. The lowest BCUT2D eigenvalue weighted by Crippen LogP contribution is -2.24. The number of nitrogens with one attached hydrogen (secondary N) is 1. The number of ether oxygens (including phenoxy) is 2. The van der Waals surface area contributed by atoms with Crippen molar-refractivity contribution >= 4 is 11.6 Å². The van der Waals surface area contributed by atoms with Crippen LogP contribution in [0.2, 0.25) is 5.02 Å². The summed E-state index contributed by atoms with van der Waals surface area (Å²) in [6.07, 6.45) is 0. The van der Waals surface area contributed by atoms with Gasteiger partial charge in [0.25, 0.3) is 0 Å². The van der Waals surface area contributed by atoms with Gasteiger partial charge >= 0.3 is 0 Å². The molecular formula is C17H20ClNO2. The Bertz CT molecular complexity index is 601. The molecule has 0 radical (unpaired) electrons. The number of likely N-dealkylation sites (N-methyl/N-ethyl adjacent to an activating group) is 1. The molecule has 1 N–H and O–H groups in total. The summed E-state index contributed by atoms with van der Waals surface area (Å²) in [6.45, 7) is 2.53. The van der Waals surface area contributed by atoms with Gasteiger partial charge in [-0.2, -0.15) is 0 Å². The summed E-state index contributed by atoms with van der Waals surface area (Å²) in [7, 11) is 3.58. The van der Waals surface area contributed by atoms with Crippen molar-refractivity contribution < 1.29 is 9.47 Å². The van der Waals surface area contributed by atoms with Crippen molar-refractivity contribution in [1.29, 1.82) is 0 Å². The van der Waals surface area contributed by atoms with E-state index in [0.29, 0.717) is 17.4 Å². The van der Waals surface area contributed by atoms with Gasteiger partial charge in [0.05, 0.1) is 18.2 Å². The van der Waals surface area contributed by atoms with E-state index in [9.17, 15) is 0 Å². The zero-order valence-corrected chi connectivity index (χ0v) is 13.3. The van der Waals surface area contributed by atoms with Crippen LogP contribution in [0.15, 0.2) is 42.5 Å². The minimum absolute atomic E-state index is 0.0242. The standard InChI is InChI=1S/C17H20ClNO2/c1-12-8-9-16(20-3)13(10-12)15(19-2)11-21-17-7-5-4-6-14(17)18/h4-10,15,19H,11H2,1-3H3. The molecule has 0 spiro atoms. The molecule has 4 heteroatoms. The van der Waals surface area contributed by atoms with Crippen LogP contribution in [0.25, 0.3) is 0 Å². The Hall–Kier alpha value is -1.71. The van der Waals surface area contributed by atoms with Crippen LogP contribution in [-0.2, 0) is 0 Å². The van der Waals surface area contributed by atoms with E-state index in [2.05, 4.69) is 18.3 Å². The van der Waals surface area contributed by atoms with Gasteiger partial charge in [-0.1, -0.05) is 41.4 Å². The first-order valence-corrected chi connectivity index (χ1v) is 7.22. The molecule has 112 valence electrons. The highest BCUT2D eigenvalue weighted by Gasteiger charge is 2.16. The lowest BCUT2D eigenvalue weighted by Gasteiger charge is -2.20. The van der Waals surface area contributed by atoms with E-state index in [0.717, 1.165) is 11.3 Å². The van der Waals surface area contributed by atoms with E-state index < -0.39 is 0 Å². The highest BCUT2D eigenvalue weighted by Crippen LogP contribution is 2.28. The molecule has 0 aliphatic heterocycles. The minimum atomic E-state index is 0.0242. The molecule has 21 heavy (non-hydrogen) atoms. The molecule has 0 fully saturated rings. The van der Waals surface area contributed by atoms with Crippen LogP contribution in [0, 0.1) is 6.92 Å². The van der Waals surface area contributed by atoms with Crippen molar-refractivity contribution in [1.82, 2.24) is 5.32 Å². The summed E-state index contributed by atoms with van der Waals surface area (Å²) < 4.78 is 11.3. The summed E-state index contributed by atoms with van der Waals surface area (Å²) >= 11 is 6.11. The van der Waals surface area contributed by atoms with Crippen LogP contribution < -0.4 is 14.8 Å². The Kier molecular flexibility index (Phi) is 5.48. The van der Waals surface area contributed by atoms with Gasteiger partial charge in [0.2, 0.25) is 0 Å². The number of benzene rings is 2. The van der Waals surface area contributed by atoms with Gasteiger partial charge in [-0.05, 0) is 32.2 Å². The first-order chi connectivity index (χ1) is 10.2. The molecule has 0 saturated heterocycles. The second-order valence-corrected chi connectivity index (χ2v) is 5.24. The third kappa shape index (κ3) is 3.90. The fourth-order valence-electron chi connectivity index (χ4n) is 2.19. The number of aryl methyl sites for hydroxylation is 1. The molecule has 0 aliphatic rings. The maximum atomic E-state index is 6.11. The summed E-state index contributed by atoms with van der Waals surface area (Å²) in [5, 5.41) is 3.88. The Morgan fingerprint density at radius 3 is 2.57 bits per heavy atom. The summed E-state index contributed by atoms with van der Waals surface area (Å²) in [4.78, 5) is 0. The van der Waals surface area contributed by atoms with Crippen molar-refractivity contribution in [3.05, 3.63) is 58.6 Å². The zero-order valence-electron chi connectivity index (χ0n) is 12.5. The monoisotopic (exact) mass is 305 g/mol. The van der Waals surface area contributed by atoms with Crippen molar-refractivity contribution in [3.8, 4) is 11.5 Å². The quantitative estimate of drug-likeness (QED) is 0.875. The van der Waals surface area contributed by atoms with E-state index in [1.54, 1.807) is 7.11 Å². The molecule has 0 aliphatic carbocycles. The normalized spacial score (nSPS) is 12.0. The molecule has 2 aromatic carbocycles. The first-order valence-electron chi connectivity index (χ1n) is 6.85. The van der Waals surface area contributed by atoms with Crippen molar-refractivity contribution in [2.75, 3.05) is 20.8 Å². The SMILES string of the molecule is CNC(COc1ccccc1Cl)c1cc(C)ccc1OC. The molecule has 3 nitrogen and oxygen atoms in total. The second-order valence-electron chi connectivity index (χ2n) is 4.83. The minimum Gasteiger partial charge on any atom is -0.496 e. The summed E-state index contributed by atoms with van der Waals surface area (Å²) in [6, 6.07) is 13.6. The van der Waals surface area contributed by atoms with Gasteiger partial charge in [0.15, 0.2) is 0 Å². The largest absolute Gasteiger partial charge is 0.496 e. The Balaban J connectivity index is 2.17. The number of halogens is 1. The van der Waals surface area contributed by atoms with E-state index in [4.69, 9.17) is 21.1 Å². The Morgan fingerprint density at radius 2 is 1.90 bits per heavy atom. The molecule has 1 atom stereocenters. The Labute approximate surface area is 130 Å². The van der Waals surface area contributed by atoms with E-state index in [1.807, 2.05) is 43.4 Å². The molecule has 0 bridgehead atoms. The molecular weight excluding hydrogens is 286 g/mol. The number of hydrogen-bond donors (Lipinski definition) is 1. The number of methoxy groups -OCH3 is 1. The van der Waals surface area contributed by atoms with E-state index >= 15 is 0 Å². The zero-order chi connectivity index (χ0) is 15.2. The predicted molar refractivity (Wildman–Crippen MR) is 86.5 cm³/mol. The lowest BCUT2D eigenvalue weighted by molar-refractivity contribution is 0.269. The fourth-order valence-corrected chi connectivity index (χ4v) is 2.38. The molecule has 0 amide bonds. The number of para-hydroxylation sites is 1. The van der Waals surface area contributed by atoms with Gasteiger partial charge in [-0.25, -0.2) is 0 Å². The highest BCUT2D eigenvalue weighted by atomic mass is 35.5. The van der Waals surface area contributed by atoms with Gasteiger partial charge in [0.1, 0.15) is 18.1 Å². The first kappa shape index (κ1) is 15.7. The highest BCUT2D eigenvalue weighted by molar-refractivity contribution is 6.32. The van der Waals surface area contributed by atoms with Crippen LogP contribution in [0.3, 0.4) is 0 Å². The predicted octanol–water partition coefficient (Wildman–Crippen LogP) is 4.00. The average Bonchev–Trinajstić information content (AvgIpc) is 2.50. The maximum absolute atomic E-state index is 6.11. The summed E-state index contributed by atoms with van der Waals surface area (Å²) in [5.74, 6) is 1.54. The average molecular weight is 306 g/mol. The van der Waals surface area contributed by atoms with Gasteiger partial charge in [0, 0.05) is 5.56 Å². The third-order valence-corrected chi connectivity index (χ3v) is 3.66. The lowest BCUT2D eigenvalue weighted by atomic mass is 10.0. The van der Waals surface area contributed by atoms with Crippen molar-refractivity contribution in [3.63, 3.8) is 0 Å². The molecule has 0 saturated carbocycles. The van der Waals surface area contributed by atoms with Crippen LogP contribution in [0.4, 0.5) is 0 Å². The van der Waals surface area contributed by atoms with E-state index in [1.165, 1.54) is 5.56 Å². The van der Waals surface area contributed by atoms with E-state index in [-0.39, 0.29) is 6.04 Å². The van der Waals surface area contributed by atoms with Crippen LogP contribution in [0.1, 0.15) is 17.2 Å². The number of hydrogen-bond acceptors (Lipinski definition) is 3.